The molecule has 0 saturated carbocycles. The molecular weight excluding hydrogens is 347 g/mol. The molecular formula is C14H9BrClFN2O. The molecule has 0 heterocycles. The first kappa shape index (κ1) is 14.7. The summed E-state index contributed by atoms with van der Waals surface area (Å²) in [7, 11) is 0. The molecule has 0 unspecified atom stereocenters. The van der Waals surface area contributed by atoms with Crippen LogP contribution < -0.4 is 5.43 Å². The van der Waals surface area contributed by atoms with Crippen molar-refractivity contribution >= 4 is 39.7 Å². The molecule has 102 valence electrons. The number of carbonyl (C=O) groups excluding carboxylic acids is 1. The Hall–Kier alpha value is -1.72. The number of rotatable bonds is 3. The van der Waals surface area contributed by atoms with E-state index < -0.39 is 11.7 Å². The highest BCUT2D eigenvalue weighted by Crippen LogP contribution is 2.14. The highest BCUT2D eigenvalue weighted by Gasteiger charge is 2.04. The Morgan fingerprint density at radius 3 is 2.85 bits per heavy atom. The number of halogens is 3. The highest BCUT2D eigenvalue weighted by atomic mass is 79.9. The fourth-order valence-corrected chi connectivity index (χ4v) is 2.04. The number of hydrogen-bond donors (Lipinski definition) is 1. The van der Waals surface area contributed by atoms with Crippen molar-refractivity contribution in [2.45, 2.75) is 0 Å². The van der Waals surface area contributed by atoms with E-state index in [0.717, 1.165) is 4.47 Å². The van der Waals surface area contributed by atoms with Gasteiger partial charge in [0.2, 0.25) is 0 Å². The molecule has 0 aromatic heterocycles. The molecule has 20 heavy (non-hydrogen) atoms. The molecule has 3 nitrogen and oxygen atoms in total. The molecule has 2 aromatic carbocycles. The van der Waals surface area contributed by atoms with Crippen LogP contribution in [0.5, 0.6) is 0 Å². The van der Waals surface area contributed by atoms with Crippen LogP contribution in [0.1, 0.15) is 15.9 Å². The van der Waals surface area contributed by atoms with Crippen LogP contribution in [0.15, 0.2) is 52.0 Å². The van der Waals surface area contributed by atoms with Crippen LogP contribution >= 0.6 is 27.5 Å². The topological polar surface area (TPSA) is 41.5 Å². The zero-order valence-electron chi connectivity index (χ0n) is 10.1. The Morgan fingerprint density at radius 1 is 1.30 bits per heavy atom. The molecule has 0 aliphatic carbocycles. The molecule has 6 heteroatoms. The highest BCUT2D eigenvalue weighted by molar-refractivity contribution is 9.10. The maximum atomic E-state index is 13.4. The van der Waals surface area contributed by atoms with Crippen molar-refractivity contribution in [2.24, 2.45) is 5.10 Å². The van der Waals surface area contributed by atoms with Gasteiger partial charge >= 0.3 is 0 Å². The predicted molar refractivity (Wildman–Crippen MR) is 80.6 cm³/mol. The number of carbonyl (C=O) groups is 1. The maximum Gasteiger partial charge on any atom is 0.271 e. The smallest absolute Gasteiger partial charge is 0.267 e. The maximum absolute atomic E-state index is 13.4. The SMILES string of the molecule is O=C(N/N=C/c1cc(Br)ccc1F)c1cccc(Cl)c1. The van der Waals surface area contributed by atoms with Gasteiger partial charge in [0.1, 0.15) is 5.82 Å². The second-order valence-corrected chi connectivity index (χ2v) is 5.23. The van der Waals surface area contributed by atoms with Gasteiger partial charge in [0.25, 0.3) is 5.91 Å². The molecule has 0 saturated heterocycles. The fourth-order valence-electron chi connectivity index (χ4n) is 1.47. The molecule has 0 fully saturated rings. The second-order valence-electron chi connectivity index (χ2n) is 3.88. The summed E-state index contributed by atoms with van der Waals surface area (Å²) >= 11 is 9.02. The first-order chi connectivity index (χ1) is 9.56. The van der Waals surface area contributed by atoms with Crippen LogP contribution in [0.3, 0.4) is 0 Å². The molecule has 0 atom stereocenters. The van der Waals surface area contributed by atoms with Crippen LogP contribution in [0, 0.1) is 5.82 Å². The summed E-state index contributed by atoms with van der Waals surface area (Å²) in [4.78, 5) is 11.8. The Bertz CT molecular complexity index is 676. The molecule has 1 N–H and O–H groups in total. The average molecular weight is 356 g/mol. The van der Waals surface area contributed by atoms with E-state index in [-0.39, 0.29) is 5.56 Å². The van der Waals surface area contributed by atoms with E-state index in [1.807, 2.05) is 0 Å². The van der Waals surface area contributed by atoms with E-state index in [2.05, 4.69) is 26.5 Å². The van der Waals surface area contributed by atoms with E-state index in [9.17, 15) is 9.18 Å². The Balaban J connectivity index is 2.06. The van der Waals surface area contributed by atoms with E-state index in [0.29, 0.717) is 10.6 Å². The third kappa shape index (κ3) is 3.88. The van der Waals surface area contributed by atoms with Crippen molar-refractivity contribution in [1.82, 2.24) is 5.43 Å². The summed E-state index contributed by atoms with van der Waals surface area (Å²) in [6.07, 6.45) is 1.24. The molecule has 2 aromatic rings. The molecule has 1 amide bonds. The van der Waals surface area contributed by atoms with Gasteiger partial charge in [-0.3, -0.25) is 4.79 Å². The second kappa shape index (κ2) is 6.63. The average Bonchev–Trinajstić information content (AvgIpc) is 2.42. The van der Waals surface area contributed by atoms with Gasteiger partial charge < -0.3 is 0 Å². The summed E-state index contributed by atoms with van der Waals surface area (Å²) in [6, 6.07) is 10.9. The molecule has 2 rings (SSSR count). The number of nitrogens with zero attached hydrogens (tertiary/aromatic N) is 1. The van der Waals surface area contributed by atoms with Crippen LogP contribution in [-0.2, 0) is 0 Å². The first-order valence-electron chi connectivity index (χ1n) is 5.60. The van der Waals surface area contributed by atoms with E-state index in [1.165, 1.54) is 18.3 Å². The molecule has 0 aliphatic rings. The first-order valence-corrected chi connectivity index (χ1v) is 6.77. The summed E-state index contributed by atoms with van der Waals surface area (Å²) in [6.45, 7) is 0. The van der Waals surface area contributed by atoms with E-state index >= 15 is 0 Å². The van der Waals surface area contributed by atoms with E-state index in [4.69, 9.17) is 11.6 Å². The zero-order valence-corrected chi connectivity index (χ0v) is 12.5. The van der Waals surface area contributed by atoms with Crippen LogP contribution in [0.4, 0.5) is 4.39 Å². The van der Waals surface area contributed by atoms with Crippen molar-refractivity contribution in [3.63, 3.8) is 0 Å². The van der Waals surface area contributed by atoms with Gasteiger partial charge in [-0.1, -0.05) is 33.6 Å². The normalized spacial score (nSPS) is 10.8. The third-order valence-electron chi connectivity index (χ3n) is 2.41. The van der Waals surface area contributed by atoms with Crippen LogP contribution in [-0.4, -0.2) is 12.1 Å². The van der Waals surface area contributed by atoms with Crippen molar-refractivity contribution in [3.8, 4) is 0 Å². The monoisotopic (exact) mass is 354 g/mol. The Labute approximate surface area is 128 Å². The molecule has 0 bridgehead atoms. The van der Waals surface area contributed by atoms with Gasteiger partial charge in [0.05, 0.1) is 6.21 Å². The van der Waals surface area contributed by atoms with Gasteiger partial charge in [0, 0.05) is 20.6 Å². The lowest BCUT2D eigenvalue weighted by Gasteiger charge is -2.01. The number of benzene rings is 2. The lowest BCUT2D eigenvalue weighted by atomic mass is 10.2. The standard InChI is InChI=1S/C14H9BrClFN2O/c15-11-4-5-13(17)10(6-11)8-18-19-14(20)9-2-1-3-12(16)7-9/h1-8H,(H,19,20)/b18-8+. The summed E-state index contributed by atoms with van der Waals surface area (Å²) in [5.74, 6) is -0.840. The minimum atomic E-state index is -0.422. The summed E-state index contributed by atoms with van der Waals surface area (Å²) in [5, 5.41) is 4.18. The predicted octanol–water partition coefficient (Wildman–Crippen LogP) is 4.01. The molecule has 0 spiro atoms. The van der Waals surface area contributed by atoms with E-state index in [1.54, 1.807) is 30.3 Å². The lowest BCUT2D eigenvalue weighted by molar-refractivity contribution is 0.0955. The molecule has 0 aliphatic heterocycles. The lowest BCUT2D eigenvalue weighted by Crippen LogP contribution is -2.17. The minimum Gasteiger partial charge on any atom is -0.267 e. The van der Waals surface area contributed by atoms with Gasteiger partial charge in [-0.05, 0) is 36.4 Å². The van der Waals surface area contributed by atoms with Crippen LogP contribution in [0.25, 0.3) is 0 Å². The quantitative estimate of drug-likeness (QED) is 0.656. The van der Waals surface area contributed by atoms with Crippen molar-refractivity contribution in [3.05, 3.63) is 68.9 Å². The van der Waals surface area contributed by atoms with Gasteiger partial charge in [-0.25, -0.2) is 9.82 Å². The van der Waals surface area contributed by atoms with Gasteiger partial charge in [-0.15, -0.1) is 0 Å². The van der Waals surface area contributed by atoms with Crippen molar-refractivity contribution < 1.29 is 9.18 Å². The van der Waals surface area contributed by atoms with Crippen LogP contribution in [0.2, 0.25) is 5.02 Å². The Kier molecular flexibility index (Phi) is 4.87. The number of hydrazone groups is 1. The minimum absolute atomic E-state index is 0.269. The van der Waals surface area contributed by atoms with Gasteiger partial charge in [-0.2, -0.15) is 5.10 Å². The largest absolute Gasteiger partial charge is 0.271 e. The Morgan fingerprint density at radius 2 is 2.10 bits per heavy atom. The number of hydrogen-bond acceptors (Lipinski definition) is 2. The number of amides is 1. The van der Waals surface area contributed by atoms with Gasteiger partial charge in [0.15, 0.2) is 0 Å². The third-order valence-corrected chi connectivity index (χ3v) is 3.14. The molecule has 0 radical (unpaired) electrons. The summed E-state index contributed by atoms with van der Waals surface area (Å²) in [5.41, 5.74) is 2.96. The summed E-state index contributed by atoms with van der Waals surface area (Å²) < 4.78 is 14.2. The number of nitrogens with one attached hydrogen (secondary N) is 1. The van der Waals surface area contributed by atoms with Crippen molar-refractivity contribution in [1.29, 1.82) is 0 Å². The zero-order chi connectivity index (χ0) is 14.5. The van der Waals surface area contributed by atoms with Crippen molar-refractivity contribution in [2.75, 3.05) is 0 Å². The fraction of sp³-hybridized carbons (Fsp3) is 0.